The molecule has 3 amide bonds. The Balaban J connectivity index is 1.32. The lowest BCUT2D eigenvalue weighted by Crippen LogP contribution is -2.44. The van der Waals surface area contributed by atoms with Crippen molar-refractivity contribution in [2.24, 2.45) is 11.8 Å². The molecule has 6 nitrogen and oxygen atoms in total. The van der Waals surface area contributed by atoms with E-state index in [2.05, 4.69) is 5.32 Å². The standard InChI is InChI=1S/C24H24Cl3N3O3/c1-14-2-4-17(5-3-14)30-13-16(10-22(30)31)24(33)29-8-6-15(7-9-29)23(32)28-21-12-19(26)18(25)11-20(21)27/h2-5,11-12,15-16H,6-10,13H2,1H3,(H,28,32). The van der Waals surface area contributed by atoms with Crippen LogP contribution in [-0.2, 0) is 14.4 Å². The minimum atomic E-state index is -0.362. The Morgan fingerprint density at radius 1 is 0.939 bits per heavy atom. The number of likely N-dealkylation sites (tertiary alicyclic amines) is 1. The number of anilines is 2. The molecule has 0 saturated carbocycles. The van der Waals surface area contributed by atoms with Gasteiger partial charge in [0, 0.05) is 37.7 Å². The third-order valence-electron chi connectivity index (χ3n) is 6.27. The Hall–Kier alpha value is -2.28. The molecule has 2 aliphatic rings. The van der Waals surface area contributed by atoms with E-state index in [4.69, 9.17) is 34.8 Å². The molecule has 2 fully saturated rings. The molecule has 4 rings (SSSR count). The van der Waals surface area contributed by atoms with Crippen molar-refractivity contribution in [2.45, 2.75) is 26.2 Å². The van der Waals surface area contributed by atoms with Gasteiger partial charge in [-0.05, 0) is 44.0 Å². The van der Waals surface area contributed by atoms with Crippen molar-refractivity contribution >= 4 is 63.9 Å². The molecule has 1 unspecified atom stereocenters. The van der Waals surface area contributed by atoms with Gasteiger partial charge in [0.2, 0.25) is 17.7 Å². The molecule has 2 aromatic carbocycles. The van der Waals surface area contributed by atoms with Crippen LogP contribution in [0, 0.1) is 18.8 Å². The van der Waals surface area contributed by atoms with Gasteiger partial charge in [-0.3, -0.25) is 14.4 Å². The largest absolute Gasteiger partial charge is 0.342 e. The van der Waals surface area contributed by atoms with Gasteiger partial charge >= 0.3 is 0 Å². The molecule has 174 valence electrons. The van der Waals surface area contributed by atoms with Gasteiger partial charge in [0.1, 0.15) is 0 Å². The van der Waals surface area contributed by atoms with E-state index in [0.717, 1.165) is 11.3 Å². The predicted molar refractivity (Wildman–Crippen MR) is 131 cm³/mol. The quantitative estimate of drug-likeness (QED) is 0.578. The summed E-state index contributed by atoms with van der Waals surface area (Å²) in [6.07, 6.45) is 1.29. The monoisotopic (exact) mass is 507 g/mol. The number of halogens is 3. The van der Waals surface area contributed by atoms with Gasteiger partial charge in [0.15, 0.2) is 0 Å². The number of carbonyl (C=O) groups excluding carboxylic acids is 3. The molecule has 2 aromatic rings. The topological polar surface area (TPSA) is 69.7 Å². The van der Waals surface area contributed by atoms with Crippen LogP contribution in [0.4, 0.5) is 11.4 Å². The molecule has 0 radical (unpaired) electrons. The second-order valence-electron chi connectivity index (χ2n) is 8.58. The molecule has 0 spiro atoms. The first kappa shape index (κ1) is 23.9. The maximum atomic E-state index is 13.1. The van der Waals surface area contributed by atoms with E-state index >= 15 is 0 Å². The van der Waals surface area contributed by atoms with Gasteiger partial charge in [-0.25, -0.2) is 0 Å². The number of aryl methyl sites for hydroxylation is 1. The van der Waals surface area contributed by atoms with Crippen molar-refractivity contribution in [3.63, 3.8) is 0 Å². The van der Waals surface area contributed by atoms with Crippen LogP contribution in [0.3, 0.4) is 0 Å². The van der Waals surface area contributed by atoms with E-state index in [9.17, 15) is 14.4 Å². The van der Waals surface area contributed by atoms with Gasteiger partial charge in [-0.15, -0.1) is 0 Å². The highest BCUT2D eigenvalue weighted by atomic mass is 35.5. The second kappa shape index (κ2) is 9.92. The van der Waals surface area contributed by atoms with Crippen molar-refractivity contribution in [2.75, 3.05) is 29.9 Å². The highest BCUT2D eigenvalue weighted by molar-refractivity contribution is 6.44. The third-order valence-corrected chi connectivity index (χ3v) is 7.30. The van der Waals surface area contributed by atoms with Gasteiger partial charge in [-0.2, -0.15) is 0 Å². The fourth-order valence-electron chi connectivity index (χ4n) is 4.32. The number of carbonyl (C=O) groups is 3. The van der Waals surface area contributed by atoms with Crippen LogP contribution >= 0.6 is 34.8 Å². The van der Waals surface area contributed by atoms with Crippen LogP contribution in [0.5, 0.6) is 0 Å². The molecule has 1 N–H and O–H groups in total. The molecule has 2 aliphatic heterocycles. The van der Waals surface area contributed by atoms with Gasteiger partial charge < -0.3 is 15.1 Å². The summed E-state index contributed by atoms with van der Waals surface area (Å²) in [4.78, 5) is 41.7. The Morgan fingerprint density at radius 3 is 2.24 bits per heavy atom. The molecular formula is C24H24Cl3N3O3. The zero-order valence-corrected chi connectivity index (χ0v) is 20.4. The van der Waals surface area contributed by atoms with E-state index in [-0.39, 0.29) is 36.0 Å². The lowest BCUT2D eigenvalue weighted by molar-refractivity contribution is -0.138. The van der Waals surface area contributed by atoms with Crippen LogP contribution in [0.2, 0.25) is 15.1 Å². The van der Waals surface area contributed by atoms with E-state index in [0.29, 0.717) is 53.2 Å². The van der Waals surface area contributed by atoms with Crippen molar-refractivity contribution in [1.29, 1.82) is 0 Å². The summed E-state index contributed by atoms with van der Waals surface area (Å²) in [5.41, 5.74) is 2.35. The number of nitrogens with one attached hydrogen (secondary N) is 1. The Bertz CT molecular complexity index is 1080. The second-order valence-corrected chi connectivity index (χ2v) is 9.80. The van der Waals surface area contributed by atoms with E-state index < -0.39 is 0 Å². The summed E-state index contributed by atoms with van der Waals surface area (Å²) >= 11 is 18.1. The summed E-state index contributed by atoms with van der Waals surface area (Å²) < 4.78 is 0. The minimum absolute atomic E-state index is 0.0238. The third kappa shape index (κ3) is 5.29. The first-order valence-corrected chi connectivity index (χ1v) is 12.0. The number of hydrogen-bond acceptors (Lipinski definition) is 3. The van der Waals surface area contributed by atoms with E-state index in [1.54, 1.807) is 9.80 Å². The lowest BCUT2D eigenvalue weighted by atomic mass is 9.94. The first-order valence-electron chi connectivity index (χ1n) is 10.8. The minimum Gasteiger partial charge on any atom is -0.342 e. The number of nitrogens with zero attached hydrogens (tertiary/aromatic N) is 2. The maximum absolute atomic E-state index is 13.1. The number of piperidine rings is 1. The number of benzene rings is 2. The smallest absolute Gasteiger partial charge is 0.228 e. The van der Waals surface area contributed by atoms with Crippen LogP contribution in [0.1, 0.15) is 24.8 Å². The van der Waals surface area contributed by atoms with Crippen LogP contribution < -0.4 is 10.2 Å². The van der Waals surface area contributed by atoms with Gasteiger partial charge in [-0.1, -0.05) is 52.5 Å². The maximum Gasteiger partial charge on any atom is 0.228 e. The van der Waals surface area contributed by atoms with Crippen molar-refractivity contribution in [3.05, 3.63) is 57.0 Å². The summed E-state index contributed by atoms with van der Waals surface area (Å²) in [6, 6.07) is 10.7. The van der Waals surface area contributed by atoms with Gasteiger partial charge in [0.25, 0.3) is 0 Å². The van der Waals surface area contributed by atoms with Crippen LogP contribution in [0.15, 0.2) is 36.4 Å². The Morgan fingerprint density at radius 2 is 1.58 bits per heavy atom. The van der Waals surface area contributed by atoms with Crippen molar-refractivity contribution in [1.82, 2.24) is 4.90 Å². The molecule has 1 atom stereocenters. The molecular weight excluding hydrogens is 485 g/mol. The Kier molecular flexibility index (Phi) is 7.17. The van der Waals surface area contributed by atoms with Crippen LogP contribution in [0.25, 0.3) is 0 Å². The molecule has 2 saturated heterocycles. The first-order chi connectivity index (χ1) is 15.7. The van der Waals surface area contributed by atoms with Crippen molar-refractivity contribution in [3.8, 4) is 0 Å². The lowest BCUT2D eigenvalue weighted by Gasteiger charge is -2.33. The zero-order chi connectivity index (χ0) is 23.7. The summed E-state index contributed by atoms with van der Waals surface area (Å²) in [5, 5.41) is 3.75. The summed E-state index contributed by atoms with van der Waals surface area (Å²) in [6.45, 7) is 3.32. The molecule has 2 heterocycles. The number of hydrogen-bond donors (Lipinski definition) is 1. The average Bonchev–Trinajstić information content (AvgIpc) is 3.19. The van der Waals surface area contributed by atoms with E-state index in [1.807, 2.05) is 31.2 Å². The Labute approximate surface area is 207 Å². The summed E-state index contributed by atoms with van der Waals surface area (Å²) in [5.74, 6) is -0.827. The van der Waals surface area contributed by atoms with Crippen molar-refractivity contribution < 1.29 is 14.4 Å². The van der Waals surface area contributed by atoms with E-state index in [1.165, 1.54) is 12.1 Å². The number of amides is 3. The fourth-order valence-corrected chi connectivity index (χ4v) is 4.91. The molecule has 33 heavy (non-hydrogen) atoms. The SMILES string of the molecule is Cc1ccc(N2CC(C(=O)N3CCC(C(=O)Nc4cc(Cl)c(Cl)cc4Cl)CC3)CC2=O)cc1. The highest BCUT2D eigenvalue weighted by Crippen LogP contribution is 2.33. The average molecular weight is 509 g/mol. The molecule has 0 aliphatic carbocycles. The number of rotatable bonds is 4. The summed E-state index contributed by atoms with van der Waals surface area (Å²) in [7, 11) is 0. The zero-order valence-electron chi connectivity index (χ0n) is 18.1. The normalized spacial score (nSPS) is 19.2. The fraction of sp³-hybridized carbons (Fsp3) is 0.375. The molecule has 0 bridgehead atoms. The molecule has 9 heteroatoms. The predicted octanol–water partition coefficient (Wildman–Crippen LogP) is 5.19. The van der Waals surface area contributed by atoms with Gasteiger partial charge in [0.05, 0.1) is 26.7 Å². The molecule has 0 aromatic heterocycles. The highest BCUT2D eigenvalue weighted by Gasteiger charge is 2.38. The van der Waals surface area contributed by atoms with Crippen LogP contribution in [-0.4, -0.2) is 42.3 Å².